The van der Waals surface area contributed by atoms with Crippen LogP contribution in [0.3, 0.4) is 0 Å². The average Bonchev–Trinajstić information content (AvgIpc) is 2.84. The second-order valence-corrected chi connectivity index (χ2v) is 6.23. The minimum absolute atomic E-state index is 0.288. The van der Waals surface area contributed by atoms with Gasteiger partial charge in [-0.05, 0) is 34.5 Å². The van der Waals surface area contributed by atoms with Crippen molar-refractivity contribution in [3.8, 4) is 0 Å². The molecule has 0 fully saturated rings. The summed E-state index contributed by atoms with van der Waals surface area (Å²) in [7, 11) is 2.03. The van der Waals surface area contributed by atoms with E-state index in [2.05, 4.69) is 56.2 Å². The number of nitrogens with zero attached hydrogens (tertiary/aromatic N) is 2. The van der Waals surface area contributed by atoms with Crippen LogP contribution in [0.25, 0.3) is 0 Å². The Labute approximate surface area is 108 Å². The Balaban J connectivity index is 1.91. The fourth-order valence-electron chi connectivity index (χ4n) is 1.49. The summed E-state index contributed by atoms with van der Waals surface area (Å²) in [6, 6.07) is 2.41. The summed E-state index contributed by atoms with van der Waals surface area (Å²) in [5.74, 6) is 0. The predicted molar refractivity (Wildman–Crippen MR) is 70.5 cm³/mol. The Hall–Kier alpha value is -0.650. The van der Waals surface area contributed by atoms with Crippen LogP contribution in [0.2, 0.25) is 0 Å². The van der Waals surface area contributed by atoms with Crippen molar-refractivity contribution >= 4 is 27.3 Å². The average molecular weight is 300 g/mol. The number of rotatable bonds is 4. The Kier molecular flexibility index (Phi) is 3.78. The van der Waals surface area contributed by atoms with Crippen LogP contribution in [-0.4, -0.2) is 9.55 Å². The van der Waals surface area contributed by atoms with E-state index in [0.29, 0.717) is 0 Å². The van der Waals surface area contributed by atoms with Gasteiger partial charge in [-0.1, -0.05) is 0 Å². The molecule has 1 atom stereocenters. The Bertz CT molecular complexity index is 463. The first-order valence-electron chi connectivity index (χ1n) is 5.10. The zero-order valence-electron chi connectivity index (χ0n) is 9.27. The molecule has 86 valence electrons. The molecule has 0 bridgehead atoms. The van der Waals surface area contributed by atoms with Crippen LogP contribution in [0.5, 0.6) is 0 Å². The molecule has 16 heavy (non-hydrogen) atoms. The first-order valence-corrected chi connectivity index (χ1v) is 6.71. The van der Waals surface area contributed by atoms with Crippen LogP contribution in [0.1, 0.15) is 23.5 Å². The van der Waals surface area contributed by atoms with E-state index in [4.69, 9.17) is 0 Å². The molecular weight excluding hydrogens is 286 g/mol. The van der Waals surface area contributed by atoms with Gasteiger partial charge in [0.15, 0.2) is 0 Å². The number of thiazole rings is 1. The van der Waals surface area contributed by atoms with Crippen LogP contribution in [-0.2, 0) is 13.6 Å². The van der Waals surface area contributed by atoms with E-state index in [0.717, 1.165) is 15.3 Å². The molecule has 0 aliphatic carbocycles. The van der Waals surface area contributed by atoms with Crippen molar-refractivity contribution in [1.29, 1.82) is 0 Å². The first kappa shape index (κ1) is 11.8. The fraction of sp³-hybridized carbons (Fsp3) is 0.364. The summed E-state index contributed by atoms with van der Waals surface area (Å²) in [6.45, 7) is 3.01. The van der Waals surface area contributed by atoms with Crippen LogP contribution in [0.15, 0.2) is 28.4 Å². The van der Waals surface area contributed by atoms with Crippen molar-refractivity contribution in [2.24, 2.45) is 7.05 Å². The van der Waals surface area contributed by atoms with Crippen molar-refractivity contribution in [2.45, 2.75) is 19.5 Å². The first-order chi connectivity index (χ1) is 7.65. The van der Waals surface area contributed by atoms with E-state index in [1.807, 2.05) is 13.2 Å². The van der Waals surface area contributed by atoms with Crippen molar-refractivity contribution in [3.05, 3.63) is 39.0 Å². The largest absolute Gasteiger partial charge is 0.357 e. The molecule has 5 heteroatoms. The normalized spacial score (nSPS) is 12.9. The Morgan fingerprint density at radius 1 is 1.62 bits per heavy atom. The maximum atomic E-state index is 4.34. The van der Waals surface area contributed by atoms with Gasteiger partial charge in [0.05, 0.1) is 16.0 Å². The smallest absolute Gasteiger partial charge is 0.110 e. The van der Waals surface area contributed by atoms with Crippen molar-refractivity contribution in [3.63, 3.8) is 0 Å². The molecule has 2 rings (SSSR count). The molecule has 0 spiro atoms. The molecule has 0 radical (unpaired) electrons. The maximum Gasteiger partial charge on any atom is 0.110 e. The number of nitrogens with one attached hydrogen (secondary N) is 1. The molecule has 0 aromatic carbocycles. The lowest BCUT2D eigenvalue weighted by molar-refractivity contribution is 0.571. The van der Waals surface area contributed by atoms with Crippen LogP contribution in [0, 0.1) is 0 Å². The van der Waals surface area contributed by atoms with E-state index in [9.17, 15) is 0 Å². The summed E-state index contributed by atoms with van der Waals surface area (Å²) in [6.07, 6.45) is 6.03. The van der Waals surface area contributed by atoms with Gasteiger partial charge in [-0.25, -0.2) is 4.98 Å². The highest BCUT2D eigenvalue weighted by atomic mass is 79.9. The standard InChI is InChI=1S/C11H14BrN3S/c1-8(11-14-6-10(12)16-11)13-5-9-3-4-15(2)7-9/h3-4,6-8,13H,5H2,1-2H3. The lowest BCUT2D eigenvalue weighted by Gasteiger charge is -2.09. The molecule has 0 aliphatic rings. The van der Waals surface area contributed by atoms with E-state index in [1.165, 1.54) is 5.56 Å². The SMILES string of the molecule is CC(NCc1ccn(C)c1)c1ncc(Br)s1. The number of aryl methyl sites for hydroxylation is 1. The Morgan fingerprint density at radius 3 is 3.00 bits per heavy atom. The van der Waals surface area contributed by atoms with Crippen LogP contribution < -0.4 is 5.32 Å². The zero-order chi connectivity index (χ0) is 11.5. The highest BCUT2D eigenvalue weighted by molar-refractivity contribution is 9.11. The molecule has 1 unspecified atom stereocenters. The molecule has 0 aliphatic heterocycles. The molecule has 2 aromatic heterocycles. The van der Waals surface area contributed by atoms with Crippen molar-refractivity contribution < 1.29 is 0 Å². The molecule has 3 nitrogen and oxygen atoms in total. The summed E-state index contributed by atoms with van der Waals surface area (Å²) >= 11 is 5.10. The lowest BCUT2D eigenvalue weighted by Crippen LogP contribution is -2.17. The number of aromatic nitrogens is 2. The zero-order valence-corrected chi connectivity index (χ0v) is 11.7. The summed E-state index contributed by atoms with van der Waals surface area (Å²) in [4.78, 5) is 4.34. The van der Waals surface area contributed by atoms with Gasteiger partial charge in [-0.3, -0.25) is 0 Å². The maximum absolute atomic E-state index is 4.34. The van der Waals surface area contributed by atoms with Gasteiger partial charge in [-0.15, -0.1) is 11.3 Å². The van der Waals surface area contributed by atoms with E-state index < -0.39 is 0 Å². The van der Waals surface area contributed by atoms with Gasteiger partial charge >= 0.3 is 0 Å². The van der Waals surface area contributed by atoms with Gasteiger partial charge in [-0.2, -0.15) is 0 Å². The highest BCUT2D eigenvalue weighted by Gasteiger charge is 2.09. The predicted octanol–water partition coefficient (Wildman–Crippen LogP) is 3.09. The monoisotopic (exact) mass is 299 g/mol. The van der Waals surface area contributed by atoms with Gasteiger partial charge in [0.25, 0.3) is 0 Å². The van der Waals surface area contributed by atoms with Gasteiger partial charge in [0.2, 0.25) is 0 Å². The second kappa shape index (κ2) is 5.12. The number of halogens is 1. The minimum Gasteiger partial charge on any atom is -0.357 e. The fourth-order valence-corrected chi connectivity index (χ4v) is 2.76. The quantitative estimate of drug-likeness (QED) is 0.940. The van der Waals surface area contributed by atoms with Gasteiger partial charge in [0.1, 0.15) is 5.01 Å². The van der Waals surface area contributed by atoms with Gasteiger partial charge in [0, 0.05) is 26.0 Å². The molecule has 2 heterocycles. The van der Waals surface area contributed by atoms with Crippen molar-refractivity contribution in [2.75, 3.05) is 0 Å². The summed E-state index contributed by atoms with van der Waals surface area (Å²) in [5, 5.41) is 4.57. The topological polar surface area (TPSA) is 29.9 Å². The second-order valence-electron chi connectivity index (χ2n) is 3.79. The number of hydrogen-bond acceptors (Lipinski definition) is 3. The third-order valence-electron chi connectivity index (χ3n) is 2.37. The molecular formula is C11H14BrN3S. The summed E-state index contributed by atoms with van der Waals surface area (Å²) in [5.41, 5.74) is 1.30. The molecule has 0 saturated heterocycles. The molecule has 2 aromatic rings. The van der Waals surface area contributed by atoms with Crippen molar-refractivity contribution in [1.82, 2.24) is 14.9 Å². The molecule has 0 amide bonds. The third kappa shape index (κ3) is 2.93. The van der Waals surface area contributed by atoms with Crippen LogP contribution >= 0.6 is 27.3 Å². The third-order valence-corrected chi connectivity index (χ3v) is 4.03. The lowest BCUT2D eigenvalue weighted by atomic mass is 10.3. The number of hydrogen-bond donors (Lipinski definition) is 1. The molecule has 0 saturated carbocycles. The van der Waals surface area contributed by atoms with E-state index >= 15 is 0 Å². The van der Waals surface area contributed by atoms with Crippen LogP contribution in [0.4, 0.5) is 0 Å². The van der Waals surface area contributed by atoms with Gasteiger partial charge < -0.3 is 9.88 Å². The molecule has 1 N–H and O–H groups in total. The summed E-state index contributed by atoms with van der Waals surface area (Å²) < 4.78 is 3.14. The van der Waals surface area contributed by atoms with E-state index in [-0.39, 0.29) is 6.04 Å². The Morgan fingerprint density at radius 2 is 2.44 bits per heavy atom. The van der Waals surface area contributed by atoms with E-state index in [1.54, 1.807) is 11.3 Å². The highest BCUT2D eigenvalue weighted by Crippen LogP contribution is 2.24. The minimum atomic E-state index is 0.288.